The summed E-state index contributed by atoms with van der Waals surface area (Å²) in [4.78, 5) is 49.9. The first-order valence-electron chi connectivity index (χ1n) is 9.79. The van der Waals surface area contributed by atoms with Gasteiger partial charge in [0.2, 0.25) is 17.7 Å². The van der Waals surface area contributed by atoms with E-state index in [1.54, 1.807) is 0 Å². The van der Waals surface area contributed by atoms with Crippen molar-refractivity contribution in [2.24, 2.45) is 5.73 Å². The van der Waals surface area contributed by atoms with Crippen LogP contribution >= 0.6 is 0 Å². The highest BCUT2D eigenvalue weighted by molar-refractivity contribution is 5.94. The van der Waals surface area contributed by atoms with Gasteiger partial charge in [0.15, 0.2) is 0 Å². The zero-order valence-electron chi connectivity index (χ0n) is 16.8. The van der Waals surface area contributed by atoms with Gasteiger partial charge >= 0.3 is 5.97 Å². The third-order valence-electron chi connectivity index (χ3n) is 5.00. The molecular formula is C20H28N4O6. The fourth-order valence-electron chi connectivity index (χ4n) is 3.31. The van der Waals surface area contributed by atoms with E-state index in [0.717, 1.165) is 5.56 Å². The Balaban J connectivity index is 1.99. The van der Waals surface area contributed by atoms with E-state index in [0.29, 0.717) is 25.8 Å². The predicted octanol–water partition coefficient (Wildman–Crippen LogP) is -1.39. The molecule has 10 nitrogen and oxygen atoms in total. The van der Waals surface area contributed by atoms with Gasteiger partial charge in [0.05, 0.1) is 12.6 Å². The fraction of sp³-hybridized carbons (Fsp3) is 0.500. The molecule has 1 aromatic carbocycles. The summed E-state index contributed by atoms with van der Waals surface area (Å²) in [6.07, 6.45) is 1.34. The monoisotopic (exact) mass is 420 g/mol. The van der Waals surface area contributed by atoms with Crippen molar-refractivity contribution in [1.29, 1.82) is 0 Å². The number of hydrogen-bond acceptors (Lipinski definition) is 6. The lowest BCUT2D eigenvalue weighted by atomic mass is 10.0. The number of aliphatic carboxylic acids is 1. The Hall–Kier alpha value is -2.98. The Kier molecular flexibility index (Phi) is 8.31. The zero-order chi connectivity index (χ0) is 22.3. The number of nitrogens with two attached hydrogens (primary N) is 1. The summed E-state index contributed by atoms with van der Waals surface area (Å²) in [5, 5.41) is 22.9. The van der Waals surface area contributed by atoms with E-state index < -0.39 is 48.6 Å². The number of aliphatic hydroxyl groups excluding tert-OH is 1. The highest BCUT2D eigenvalue weighted by Gasteiger charge is 2.37. The fourth-order valence-corrected chi connectivity index (χ4v) is 3.31. The van der Waals surface area contributed by atoms with Crippen molar-refractivity contribution in [3.63, 3.8) is 0 Å². The summed E-state index contributed by atoms with van der Waals surface area (Å²) >= 11 is 0. The number of carbonyl (C=O) groups excluding carboxylic acids is 3. The summed E-state index contributed by atoms with van der Waals surface area (Å²) in [5.41, 5.74) is 6.97. The van der Waals surface area contributed by atoms with E-state index >= 15 is 0 Å². The molecule has 0 radical (unpaired) electrons. The van der Waals surface area contributed by atoms with Gasteiger partial charge in [-0.2, -0.15) is 0 Å². The van der Waals surface area contributed by atoms with Gasteiger partial charge in [-0.25, -0.2) is 0 Å². The van der Waals surface area contributed by atoms with Crippen molar-refractivity contribution in [3.8, 4) is 0 Å². The smallest absolute Gasteiger partial charge is 0.325 e. The third-order valence-corrected chi connectivity index (χ3v) is 5.00. The Morgan fingerprint density at radius 3 is 2.47 bits per heavy atom. The summed E-state index contributed by atoms with van der Waals surface area (Å²) in [7, 11) is 0. The van der Waals surface area contributed by atoms with Crippen LogP contribution in [0.25, 0.3) is 0 Å². The molecule has 4 atom stereocenters. The molecule has 0 saturated carbocycles. The van der Waals surface area contributed by atoms with Gasteiger partial charge in [0.1, 0.15) is 18.1 Å². The van der Waals surface area contributed by atoms with Gasteiger partial charge in [0, 0.05) is 6.54 Å². The van der Waals surface area contributed by atoms with Crippen molar-refractivity contribution in [3.05, 3.63) is 35.9 Å². The Morgan fingerprint density at radius 1 is 1.20 bits per heavy atom. The van der Waals surface area contributed by atoms with Crippen molar-refractivity contribution >= 4 is 23.7 Å². The molecule has 10 heteroatoms. The molecule has 1 aliphatic heterocycles. The number of nitrogens with one attached hydrogen (secondary N) is 2. The largest absolute Gasteiger partial charge is 0.480 e. The molecule has 30 heavy (non-hydrogen) atoms. The van der Waals surface area contributed by atoms with Gasteiger partial charge < -0.3 is 31.5 Å². The molecule has 4 unspecified atom stereocenters. The molecule has 1 fully saturated rings. The van der Waals surface area contributed by atoms with E-state index in [-0.39, 0.29) is 5.91 Å². The van der Waals surface area contributed by atoms with Gasteiger partial charge in [-0.3, -0.25) is 19.2 Å². The predicted molar refractivity (Wildman–Crippen MR) is 107 cm³/mol. The second-order valence-corrected chi connectivity index (χ2v) is 7.30. The number of amides is 3. The number of carboxylic acid groups (broad SMARTS) is 1. The topological polar surface area (TPSA) is 162 Å². The summed E-state index contributed by atoms with van der Waals surface area (Å²) < 4.78 is 0. The number of benzene rings is 1. The van der Waals surface area contributed by atoms with Gasteiger partial charge in [-0.1, -0.05) is 30.3 Å². The Labute approximate surface area is 174 Å². The number of rotatable bonds is 9. The molecule has 3 amide bonds. The number of hydrogen-bond donors (Lipinski definition) is 5. The van der Waals surface area contributed by atoms with Crippen LogP contribution in [-0.2, 0) is 25.6 Å². The molecule has 1 aromatic rings. The quantitative estimate of drug-likeness (QED) is 0.329. The minimum absolute atomic E-state index is 0.333. The molecule has 2 rings (SSSR count). The Morgan fingerprint density at radius 2 is 1.87 bits per heavy atom. The summed E-state index contributed by atoms with van der Waals surface area (Å²) in [6, 6.07) is 5.18. The number of carbonyl (C=O) groups is 4. The normalized spacial score (nSPS) is 18.9. The van der Waals surface area contributed by atoms with E-state index in [1.165, 1.54) is 11.8 Å². The second-order valence-electron chi connectivity index (χ2n) is 7.30. The van der Waals surface area contributed by atoms with Crippen LogP contribution in [0.2, 0.25) is 0 Å². The average Bonchev–Trinajstić information content (AvgIpc) is 3.21. The maximum absolute atomic E-state index is 12.8. The van der Waals surface area contributed by atoms with Crippen LogP contribution in [0.3, 0.4) is 0 Å². The first-order valence-corrected chi connectivity index (χ1v) is 9.79. The number of nitrogens with zero attached hydrogens (tertiary/aromatic N) is 1. The van der Waals surface area contributed by atoms with Crippen LogP contribution in [0.15, 0.2) is 30.3 Å². The molecule has 1 aliphatic rings. The second kappa shape index (κ2) is 10.7. The van der Waals surface area contributed by atoms with E-state index in [9.17, 15) is 24.3 Å². The molecule has 1 saturated heterocycles. The number of aliphatic hydroxyl groups is 1. The Bertz CT molecular complexity index is 772. The molecule has 0 aliphatic carbocycles. The molecule has 164 valence electrons. The third kappa shape index (κ3) is 6.01. The highest BCUT2D eigenvalue weighted by Crippen LogP contribution is 2.19. The summed E-state index contributed by atoms with van der Waals surface area (Å²) in [6.45, 7) is 0.922. The van der Waals surface area contributed by atoms with Crippen molar-refractivity contribution < 1.29 is 29.4 Å². The minimum Gasteiger partial charge on any atom is -0.480 e. The first-order chi connectivity index (χ1) is 14.2. The molecule has 0 aromatic heterocycles. The van der Waals surface area contributed by atoms with E-state index in [1.807, 2.05) is 30.3 Å². The zero-order valence-corrected chi connectivity index (χ0v) is 16.8. The molecule has 6 N–H and O–H groups in total. The van der Waals surface area contributed by atoms with Crippen LogP contribution in [0.5, 0.6) is 0 Å². The summed E-state index contributed by atoms with van der Waals surface area (Å²) in [5.74, 6) is -3.02. The maximum Gasteiger partial charge on any atom is 0.325 e. The van der Waals surface area contributed by atoms with E-state index in [2.05, 4.69) is 10.6 Å². The molecule has 0 bridgehead atoms. The molecule has 1 heterocycles. The lowest BCUT2D eigenvalue weighted by Gasteiger charge is -2.28. The van der Waals surface area contributed by atoms with Gasteiger partial charge in [-0.15, -0.1) is 0 Å². The van der Waals surface area contributed by atoms with Crippen molar-refractivity contribution in [2.75, 3.05) is 13.2 Å². The van der Waals surface area contributed by atoms with Crippen LogP contribution in [0.4, 0.5) is 0 Å². The molecule has 0 spiro atoms. The first kappa shape index (κ1) is 23.3. The van der Waals surface area contributed by atoms with Crippen LogP contribution in [0, 0.1) is 0 Å². The average molecular weight is 420 g/mol. The minimum atomic E-state index is -1.32. The van der Waals surface area contributed by atoms with E-state index in [4.69, 9.17) is 10.8 Å². The molecular weight excluding hydrogens is 392 g/mol. The van der Waals surface area contributed by atoms with Crippen LogP contribution in [0.1, 0.15) is 25.3 Å². The number of likely N-dealkylation sites (tertiary alicyclic amines) is 1. The van der Waals surface area contributed by atoms with Crippen LogP contribution < -0.4 is 16.4 Å². The maximum atomic E-state index is 12.8. The highest BCUT2D eigenvalue weighted by atomic mass is 16.4. The van der Waals surface area contributed by atoms with Gasteiger partial charge in [-0.05, 0) is 31.7 Å². The lowest BCUT2D eigenvalue weighted by molar-refractivity contribution is -0.143. The van der Waals surface area contributed by atoms with Crippen molar-refractivity contribution in [1.82, 2.24) is 15.5 Å². The lowest BCUT2D eigenvalue weighted by Crippen LogP contribution is -2.57. The standard InChI is InChI=1S/C20H28N4O6/c1-12(20(29)30)22-17(26)15(11-25)23-18(27)16-8-5-9-24(16)19(28)14(21)10-13-6-3-2-4-7-13/h2-4,6-7,12,14-16,25H,5,8-11,21H2,1H3,(H,22,26)(H,23,27)(H,29,30). The SMILES string of the molecule is CC(NC(=O)C(CO)NC(=O)C1CCCN1C(=O)C(N)Cc1ccccc1)C(=O)O. The van der Waals surface area contributed by atoms with Crippen molar-refractivity contribution in [2.45, 2.75) is 50.4 Å². The number of carboxylic acids is 1. The van der Waals surface area contributed by atoms with Crippen LogP contribution in [-0.4, -0.2) is 76.1 Å². The van der Waals surface area contributed by atoms with Gasteiger partial charge in [0.25, 0.3) is 0 Å².